The maximum atomic E-state index is 11.5. The fourth-order valence-electron chi connectivity index (χ4n) is 1.48. The Balaban J connectivity index is 2.03. The number of nitrogens with one attached hydrogen (secondary N) is 2. The minimum absolute atomic E-state index is 0.385. The number of carbonyl (C=O) groups is 1. The standard InChI is InChI=1S/C13H11ClN2O2S2/c1-18-12(17)11-10(6-7-20-11)16-13(19)15-9-4-2-8(14)3-5-9/h2-7H,1H3,(H2,15,16,19). The summed E-state index contributed by atoms with van der Waals surface area (Å²) in [5.41, 5.74) is 1.43. The Morgan fingerprint density at radius 2 is 1.95 bits per heavy atom. The minimum Gasteiger partial charge on any atom is -0.465 e. The Morgan fingerprint density at radius 1 is 1.25 bits per heavy atom. The molecule has 4 nitrogen and oxygen atoms in total. The molecule has 0 amide bonds. The zero-order chi connectivity index (χ0) is 14.5. The van der Waals surface area contributed by atoms with Gasteiger partial charge in [0.1, 0.15) is 4.88 Å². The van der Waals surface area contributed by atoms with Crippen LogP contribution in [0.1, 0.15) is 9.67 Å². The van der Waals surface area contributed by atoms with Crippen LogP contribution in [0.25, 0.3) is 0 Å². The number of halogens is 1. The van der Waals surface area contributed by atoms with Crippen LogP contribution >= 0.6 is 35.2 Å². The highest BCUT2D eigenvalue weighted by atomic mass is 35.5. The van der Waals surface area contributed by atoms with Gasteiger partial charge in [-0.25, -0.2) is 4.79 Å². The van der Waals surface area contributed by atoms with Gasteiger partial charge in [-0.3, -0.25) is 0 Å². The summed E-state index contributed by atoms with van der Waals surface area (Å²) in [6.45, 7) is 0. The van der Waals surface area contributed by atoms with Crippen LogP contribution in [0.4, 0.5) is 11.4 Å². The second-order valence-corrected chi connectivity index (χ2v) is 5.50. The molecule has 104 valence electrons. The number of carbonyl (C=O) groups excluding carboxylic acids is 1. The van der Waals surface area contributed by atoms with E-state index in [0.717, 1.165) is 5.69 Å². The molecule has 0 bridgehead atoms. The zero-order valence-electron chi connectivity index (χ0n) is 10.5. The third-order valence-electron chi connectivity index (χ3n) is 2.39. The van der Waals surface area contributed by atoms with Crippen LogP contribution in [-0.4, -0.2) is 18.2 Å². The predicted molar refractivity (Wildman–Crippen MR) is 87.0 cm³/mol. The summed E-state index contributed by atoms with van der Waals surface area (Å²) in [4.78, 5) is 12.0. The number of ether oxygens (including phenoxy) is 1. The van der Waals surface area contributed by atoms with E-state index in [9.17, 15) is 4.79 Å². The Kier molecular flexibility index (Phi) is 4.94. The number of benzene rings is 1. The molecule has 0 unspecified atom stereocenters. The van der Waals surface area contributed by atoms with Gasteiger partial charge in [0.25, 0.3) is 0 Å². The normalized spacial score (nSPS) is 9.90. The smallest absolute Gasteiger partial charge is 0.350 e. The summed E-state index contributed by atoms with van der Waals surface area (Å²) < 4.78 is 4.70. The van der Waals surface area contributed by atoms with Crippen LogP contribution < -0.4 is 10.6 Å². The molecule has 20 heavy (non-hydrogen) atoms. The van der Waals surface area contributed by atoms with Crippen LogP contribution in [0.2, 0.25) is 5.02 Å². The van der Waals surface area contributed by atoms with E-state index in [0.29, 0.717) is 20.7 Å². The summed E-state index contributed by atoms with van der Waals surface area (Å²) in [6.07, 6.45) is 0. The van der Waals surface area contributed by atoms with Gasteiger partial charge in [-0.2, -0.15) is 0 Å². The lowest BCUT2D eigenvalue weighted by Crippen LogP contribution is -2.20. The highest BCUT2D eigenvalue weighted by molar-refractivity contribution is 7.80. The van der Waals surface area contributed by atoms with E-state index < -0.39 is 5.97 Å². The molecular weight excluding hydrogens is 316 g/mol. The van der Waals surface area contributed by atoms with Gasteiger partial charge in [0.2, 0.25) is 0 Å². The molecule has 2 aromatic rings. The van der Waals surface area contributed by atoms with Gasteiger partial charge < -0.3 is 15.4 Å². The van der Waals surface area contributed by atoms with Crippen molar-refractivity contribution in [1.82, 2.24) is 0 Å². The van der Waals surface area contributed by atoms with Crippen molar-refractivity contribution in [1.29, 1.82) is 0 Å². The SMILES string of the molecule is COC(=O)c1sccc1NC(=S)Nc1ccc(Cl)cc1. The Labute approximate surface area is 130 Å². The van der Waals surface area contributed by atoms with E-state index >= 15 is 0 Å². The lowest BCUT2D eigenvalue weighted by molar-refractivity contribution is 0.0607. The number of methoxy groups -OCH3 is 1. The average Bonchev–Trinajstić information content (AvgIpc) is 2.88. The molecule has 1 aromatic heterocycles. The summed E-state index contributed by atoms with van der Waals surface area (Å²) in [7, 11) is 1.34. The van der Waals surface area contributed by atoms with Crippen LogP contribution in [0.5, 0.6) is 0 Å². The number of anilines is 2. The van der Waals surface area contributed by atoms with Gasteiger partial charge >= 0.3 is 5.97 Å². The summed E-state index contributed by atoms with van der Waals surface area (Å²) in [5, 5.41) is 8.80. The fourth-order valence-corrected chi connectivity index (χ4v) is 2.60. The van der Waals surface area contributed by atoms with Crippen LogP contribution in [0.15, 0.2) is 35.7 Å². The molecule has 0 fully saturated rings. The molecule has 2 rings (SSSR count). The first-order valence-electron chi connectivity index (χ1n) is 5.59. The maximum absolute atomic E-state index is 11.5. The topological polar surface area (TPSA) is 50.4 Å². The van der Waals surface area contributed by atoms with Crippen LogP contribution in [0.3, 0.4) is 0 Å². The predicted octanol–water partition coefficient (Wildman–Crippen LogP) is 4.00. The molecule has 1 aromatic carbocycles. The lowest BCUT2D eigenvalue weighted by atomic mass is 10.3. The average molecular weight is 327 g/mol. The van der Waals surface area contributed by atoms with E-state index in [-0.39, 0.29) is 0 Å². The van der Waals surface area contributed by atoms with E-state index in [1.54, 1.807) is 23.6 Å². The number of thiophene rings is 1. The molecule has 0 atom stereocenters. The van der Waals surface area contributed by atoms with Gasteiger partial charge in [0, 0.05) is 10.7 Å². The third kappa shape index (κ3) is 3.69. The molecular formula is C13H11ClN2O2S2. The third-order valence-corrected chi connectivity index (χ3v) is 3.74. The molecule has 0 radical (unpaired) electrons. The highest BCUT2D eigenvalue weighted by Crippen LogP contribution is 2.23. The fraction of sp³-hybridized carbons (Fsp3) is 0.0769. The minimum atomic E-state index is -0.392. The van der Waals surface area contributed by atoms with Crippen molar-refractivity contribution in [3.8, 4) is 0 Å². The number of esters is 1. The van der Waals surface area contributed by atoms with Gasteiger partial charge in [-0.1, -0.05) is 11.6 Å². The zero-order valence-corrected chi connectivity index (χ0v) is 12.9. The molecule has 0 spiro atoms. The van der Waals surface area contributed by atoms with Crippen molar-refractivity contribution in [2.45, 2.75) is 0 Å². The van der Waals surface area contributed by atoms with Gasteiger partial charge in [-0.15, -0.1) is 11.3 Å². The lowest BCUT2D eigenvalue weighted by Gasteiger charge is -2.10. The Morgan fingerprint density at radius 3 is 2.60 bits per heavy atom. The monoisotopic (exact) mass is 326 g/mol. The van der Waals surface area contributed by atoms with Gasteiger partial charge in [0.15, 0.2) is 5.11 Å². The first-order chi connectivity index (χ1) is 9.60. The number of rotatable bonds is 3. The van der Waals surface area contributed by atoms with Crippen molar-refractivity contribution in [3.63, 3.8) is 0 Å². The number of thiocarbonyl (C=S) groups is 1. The largest absolute Gasteiger partial charge is 0.465 e. The molecule has 1 heterocycles. The van der Waals surface area contributed by atoms with Crippen LogP contribution in [0, 0.1) is 0 Å². The molecule has 0 saturated heterocycles. The Bertz CT molecular complexity index is 626. The molecule has 0 saturated carbocycles. The van der Waals surface area contributed by atoms with Crippen molar-refractivity contribution < 1.29 is 9.53 Å². The second-order valence-electron chi connectivity index (χ2n) is 3.74. The van der Waals surface area contributed by atoms with E-state index in [1.165, 1.54) is 18.4 Å². The molecule has 0 aliphatic heterocycles. The molecule has 2 N–H and O–H groups in total. The van der Waals surface area contributed by atoms with Crippen molar-refractivity contribution in [2.24, 2.45) is 0 Å². The molecule has 7 heteroatoms. The van der Waals surface area contributed by atoms with Crippen molar-refractivity contribution >= 4 is 57.6 Å². The van der Waals surface area contributed by atoms with Crippen molar-refractivity contribution in [2.75, 3.05) is 17.7 Å². The number of hydrogen-bond donors (Lipinski definition) is 2. The summed E-state index contributed by atoms with van der Waals surface area (Å²) in [6, 6.07) is 8.91. The quantitative estimate of drug-likeness (QED) is 0.659. The molecule has 0 aliphatic carbocycles. The van der Waals surface area contributed by atoms with Crippen LogP contribution in [-0.2, 0) is 4.74 Å². The number of hydrogen-bond acceptors (Lipinski definition) is 4. The first kappa shape index (κ1) is 14.8. The highest BCUT2D eigenvalue weighted by Gasteiger charge is 2.14. The van der Waals surface area contributed by atoms with E-state index in [4.69, 9.17) is 28.6 Å². The van der Waals surface area contributed by atoms with E-state index in [1.807, 2.05) is 12.1 Å². The maximum Gasteiger partial charge on any atom is 0.350 e. The van der Waals surface area contributed by atoms with Gasteiger partial charge in [0.05, 0.1) is 12.8 Å². The molecule has 0 aliphatic rings. The Hall–Kier alpha value is -1.63. The van der Waals surface area contributed by atoms with Crippen molar-refractivity contribution in [3.05, 3.63) is 45.6 Å². The second kappa shape index (κ2) is 6.69. The van der Waals surface area contributed by atoms with Gasteiger partial charge in [-0.05, 0) is 47.9 Å². The van der Waals surface area contributed by atoms with E-state index in [2.05, 4.69) is 10.6 Å². The summed E-state index contributed by atoms with van der Waals surface area (Å²) >= 11 is 12.3. The summed E-state index contributed by atoms with van der Waals surface area (Å²) in [5.74, 6) is -0.392. The first-order valence-corrected chi connectivity index (χ1v) is 7.26.